The Kier molecular flexibility index (Phi) is 3.76. The van der Waals surface area contributed by atoms with Gasteiger partial charge in [-0.25, -0.2) is 0 Å². The predicted octanol–water partition coefficient (Wildman–Crippen LogP) is 1.98. The second-order valence-electron chi connectivity index (χ2n) is 4.51. The summed E-state index contributed by atoms with van der Waals surface area (Å²) in [4.78, 5) is 12.0. The van der Waals surface area contributed by atoms with E-state index in [1.165, 1.54) is 6.92 Å². The molecule has 2 rings (SSSR count). The molecule has 0 saturated heterocycles. The molecule has 0 saturated carbocycles. The maximum Gasteiger partial charge on any atom is 0.268 e. The van der Waals surface area contributed by atoms with Crippen LogP contribution in [-0.2, 0) is 11.2 Å². The number of ether oxygens (including phenoxy) is 1. The number of benzene rings is 1. The van der Waals surface area contributed by atoms with E-state index in [0.29, 0.717) is 12.2 Å². The Morgan fingerprint density at radius 2 is 2.25 bits per heavy atom. The molecule has 5 nitrogen and oxygen atoms in total. The van der Waals surface area contributed by atoms with Crippen LogP contribution in [0.1, 0.15) is 12.5 Å². The Hall–Kier alpha value is -2.74. The molecule has 1 heterocycles. The molecule has 2 N–H and O–H groups in total. The maximum absolute atomic E-state index is 12.0. The Bertz CT molecular complexity index is 616. The second-order valence-corrected chi connectivity index (χ2v) is 4.51. The lowest BCUT2D eigenvalue weighted by molar-refractivity contribution is -0.119. The number of para-hydroxylation sites is 1. The fraction of sp³-hybridized carbons (Fsp3) is 0.200. The van der Waals surface area contributed by atoms with Crippen molar-refractivity contribution < 1.29 is 14.6 Å². The summed E-state index contributed by atoms with van der Waals surface area (Å²) >= 11 is 0. The molecule has 0 aromatic heterocycles. The third kappa shape index (κ3) is 2.64. The van der Waals surface area contributed by atoms with Crippen LogP contribution in [0.3, 0.4) is 0 Å². The summed E-state index contributed by atoms with van der Waals surface area (Å²) in [6.45, 7) is 5.02. The van der Waals surface area contributed by atoms with Crippen molar-refractivity contribution in [3.05, 3.63) is 53.3 Å². The summed E-state index contributed by atoms with van der Waals surface area (Å²) in [5, 5.41) is 21.2. The third-order valence-corrected chi connectivity index (χ3v) is 2.92. The lowest BCUT2D eigenvalue weighted by Crippen LogP contribution is -2.39. The molecule has 20 heavy (non-hydrogen) atoms. The highest BCUT2D eigenvalue weighted by Crippen LogP contribution is 2.27. The fourth-order valence-electron chi connectivity index (χ4n) is 1.91. The van der Waals surface area contributed by atoms with Gasteiger partial charge in [-0.15, -0.1) is 0 Å². The Morgan fingerprint density at radius 1 is 1.55 bits per heavy atom. The minimum Gasteiger partial charge on any atom is -0.506 e. The molecule has 102 valence electrons. The van der Waals surface area contributed by atoms with Crippen molar-refractivity contribution >= 4 is 5.91 Å². The molecule has 1 unspecified atom stereocenters. The molecule has 1 aliphatic rings. The Labute approximate surface area is 116 Å². The largest absolute Gasteiger partial charge is 0.506 e. The summed E-state index contributed by atoms with van der Waals surface area (Å²) in [6, 6.07) is 9.14. The molecule has 1 aromatic rings. The number of hydrogen-bond acceptors (Lipinski definition) is 4. The van der Waals surface area contributed by atoms with Crippen molar-refractivity contribution in [2.24, 2.45) is 0 Å². The van der Waals surface area contributed by atoms with Gasteiger partial charge < -0.3 is 15.2 Å². The lowest BCUT2D eigenvalue weighted by atomic mass is 10.1. The summed E-state index contributed by atoms with van der Waals surface area (Å²) < 4.78 is 5.54. The van der Waals surface area contributed by atoms with Gasteiger partial charge in [0, 0.05) is 6.42 Å². The van der Waals surface area contributed by atoms with E-state index in [0.717, 1.165) is 5.56 Å². The highest BCUT2D eigenvalue weighted by Gasteiger charge is 2.26. The first-order valence-electron chi connectivity index (χ1n) is 6.07. The van der Waals surface area contributed by atoms with Crippen LogP contribution in [0.15, 0.2) is 47.7 Å². The smallest absolute Gasteiger partial charge is 0.268 e. The Morgan fingerprint density at radius 3 is 2.85 bits per heavy atom. The number of carbonyl (C=O) groups is 1. The van der Waals surface area contributed by atoms with Crippen molar-refractivity contribution in [2.45, 2.75) is 19.6 Å². The van der Waals surface area contributed by atoms with E-state index in [2.05, 4.69) is 11.9 Å². The van der Waals surface area contributed by atoms with E-state index < -0.39 is 17.9 Å². The van der Waals surface area contributed by atoms with Crippen LogP contribution in [0.25, 0.3) is 0 Å². The number of nitrogens with zero attached hydrogens (tertiary/aromatic N) is 1. The Balaban J connectivity index is 2.10. The van der Waals surface area contributed by atoms with Crippen LogP contribution >= 0.6 is 0 Å². The quantitative estimate of drug-likeness (QED) is 0.381. The third-order valence-electron chi connectivity index (χ3n) is 2.92. The predicted molar refractivity (Wildman–Crippen MR) is 72.8 cm³/mol. The van der Waals surface area contributed by atoms with Crippen molar-refractivity contribution in [3.8, 4) is 11.8 Å². The number of carbonyl (C=O) groups excluding carboxylic acids is 1. The topological polar surface area (TPSA) is 82.3 Å². The van der Waals surface area contributed by atoms with Crippen molar-refractivity contribution in [3.63, 3.8) is 0 Å². The molecule has 1 aliphatic heterocycles. The summed E-state index contributed by atoms with van der Waals surface area (Å²) in [6.07, 6.45) is -0.0183. The summed E-state index contributed by atoms with van der Waals surface area (Å²) in [5.74, 6) is -0.365. The zero-order valence-corrected chi connectivity index (χ0v) is 11.0. The number of nitriles is 1. The van der Waals surface area contributed by atoms with Gasteiger partial charge in [0.2, 0.25) is 0 Å². The van der Waals surface area contributed by atoms with Gasteiger partial charge in [0.25, 0.3) is 5.91 Å². The van der Waals surface area contributed by atoms with Gasteiger partial charge >= 0.3 is 0 Å². The average molecular weight is 270 g/mol. The number of aliphatic hydroxyl groups excluding tert-OH is 1. The second kappa shape index (κ2) is 5.49. The first kappa shape index (κ1) is 13.7. The van der Waals surface area contributed by atoms with Crippen molar-refractivity contribution in [1.29, 1.82) is 5.26 Å². The molecule has 0 bridgehead atoms. The van der Waals surface area contributed by atoms with Crippen LogP contribution in [-0.4, -0.2) is 17.2 Å². The van der Waals surface area contributed by atoms with Crippen LogP contribution in [0.4, 0.5) is 0 Å². The molecule has 1 aromatic carbocycles. The minimum atomic E-state index is -0.675. The highest BCUT2D eigenvalue weighted by molar-refractivity contribution is 5.98. The van der Waals surface area contributed by atoms with Gasteiger partial charge in [-0.2, -0.15) is 5.26 Å². The zero-order chi connectivity index (χ0) is 14.7. The number of fused-ring (bicyclic) bond motifs is 1. The van der Waals surface area contributed by atoms with E-state index in [1.54, 1.807) is 6.07 Å². The van der Waals surface area contributed by atoms with E-state index in [9.17, 15) is 9.90 Å². The molecule has 0 spiro atoms. The fourth-order valence-corrected chi connectivity index (χ4v) is 1.91. The number of amides is 1. The van der Waals surface area contributed by atoms with Crippen molar-refractivity contribution in [1.82, 2.24) is 5.32 Å². The molecule has 0 aliphatic carbocycles. The zero-order valence-electron chi connectivity index (χ0n) is 11.0. The summed E-state index contributed by atoms with van der Waals surface area (Å²) in [7, 11) is 0. The summed E-state index contributed by atoms with van der Waals surface area (Å²) in [5.41, 5.74) is 0.883. The monoisotopic (exact) mass is 270 g/mol. The molecule has 0 radical (unpaired) electrons. The molecule has 0 fully saturated rings. The first-order valence-corrected chi connectivity index (χ1v) is 6.07. The van der Waals surface area contributed by atoms with Gasteiger partial charge in [-0.3, -0.25) is 4.79 Å². The van der Waals surface area contributed by atoms with Gasteiger partial charge in [0.05, 0.1) is 0 Å². The molecule has 1 amide bonds. The number of allylic oxidation sites excluding steroid dienone is 1. The van der Waals surface area contributed by atoms with E-state index in [4.69, 9.17) is 10.00 Å². The van der Waals surface area contributed by atoms with E-state index in [-0.39, 0.29) is 11.1 Å². The number of hydrogen-bond donors (Lipinski definition) is 2. The SMILES string of the molecule is C=C(C)/C(O)=C(\C#N)C(=O)NC1Cc2ccccc2O1. The minimum absolute atomic E-state index is 0.257. The van der Waals surface area contributed by atoms with Crippen LogP contribution in [0, 0.1) is 11.3 Å². The maximum atomic E-state index is 12.0. The van der Waals surface area contributed by atoms with Gasteiger partial charge in [-0.05, 0) is 24.1 Å². The molecular formula is C15H14N2O3. The average Bonchev–Trinajstić information content (AvgIpc) is 2.81. The van der Waals surface area contributed by atoms with E-state index in [1.807, 2.05) is 24.3 Å². The van der Waals surface area contributed by atoms with Crippen LogP contribution < -0.4 is 10.1 Å². The number of aliphatic hydroxyl groups is 1. The normalized spacial score (nSPS) is 17.3. The lowest BCUT2D eigenvalue weighted by Gasteiger charge is -2.13. The van der Waals surface area contributed by atoms with E-state index >= 15 is 0 Å². The number of nitrogens with one attached hydrogen (secondary N) is 1. The van der Waals surface area contributed by atoms with Gasteiger partial charge in [0.15, 0.2) is 11.8 Å². The number of rotatable bonds is 3. The first-order chi connectivity index (χ1) is 9.52. The van der Waals surface area contributed by atoms with Crippen LogP contribution in [0.2, 0.25) is 0 Å². The molecular weight excluding hydrogens is 256 g/mol. The van der Waals surface area contributed by atoms with Gasteiger partial charge in [-0.1, -0.05) is 24.8 Å². The molecule has 5 heteroatoms. The molecule has 1 atom stereocenters. The van der Waals surface area contributed by atoms with Crippen LogP contribution in [0.5, 0.6) is 5.75 Å². The highest BCUT2D eigenvalue weighted by atomic mass is 16.5. The standard InChI is InChI=1S/C15H14N2O3/c1-9(2)14(18)11(8-16)15(19)17-13-7-10-5-3-4-6-12(10)20-13/h3-6,13,18H,1,7H2,2H3,(H,17,19)/b14-11-. The van der Waals surface area contributed by atoms with Gasteiger partial charge in [0.1, 0.15) is 17.6 Å². The van der Waals surface area contributed by atoms with Crippen molar-refractivity contribution in [2.75, 3.05) is 0 Å².